The Hall–Kier alpha value is -2.43. The first-order chi connectivity index (χ1) is 13.6. The molecule has 1 saturated heterocycles. The van der Waals surface area contributed by atoms with Crippen molar-refractivity contribution >= 4 is 27.3 Å². The smallest absolute Gasteiger partial charge is 0.291 e. The fourth-order valence-electron chi connectivity index (χ4n) is 3.17. The molecule has 1 aromatic heterocycles. The SMILES string of the molecule is C[C@@H]1CN(c2ccc(NC(=O)c3ccc(S(=O)(=O)N(C)C)o3)cc2F)C[C@@H](C)O1. The molecule has 0 aliphatic carbocycles. The van der Waals surface area contributed by atoms with Crippen LogP contribution in [0.5, 0.6) is 0 Å². The third-order valence-corrected chi connectivity index (χ3v) is 6.20. The highest BCUT2D eigenvalue weighted by Gasteiger charge is 2.25. The number of hydrogen-bond acceptors (Lipinski definition) is 6. The van der Waals surface area contributed by atoms with Gasteiger partial charge in [-0.15, -0.1) is 0 Å². The zero-order valence-electron chi connectivity index (χ0n) is 16.7. The van der Waals surface area contributed by atoms with E-state index in [-0.39, 0.29) is 28.7 Å². The predicted molar refractivity (Wildman–Crippen MR) is 106 cm³/mol. The third-order valence-electron chi connectivity index (χ3n) is 4.51. The van der Waals surface area contributed by atoms with E-state index >= 15 is 0 Å². The van der Waals surface area contributed by atoms with Gasteiger partial charge in [0, 0.05) is 32.9 Å². The number of nitrogens with one attached hydrogen (secondary N) is 1. The number of rotatable bonds is 5. The standard InChI is InChI=1S/C19H24FN3O5S/c1-12-10-23(11-13(2)27-12)16-6-5-14(9-15(16)20)21-19(24)17-7-8-18(28-17)29(25,26)22(3)4/h5-9,12-13H,10-11H2,1-4H3,(H,21,24)/t12-,13-/m1/s1. The van der Waals surface area contributed by atoms with Crippen molar-refractivity contribution in [3.05, 3.63) is 41.9 Å². The van der Waals surface area contributed by atoms with Gasteiger partial charge in [0.05, 0.1) is 17.9 Å². The molecule has 0 spiro atoms. The molecule has 1 N–H and O–H groups in total. The summed E-state index contributed by atoms with van der Waals surface area (Å²) in [4.78, 5) is 14.3. The topological polar surface area (TPSA) is 92.1 Å². The van der Waals surface area contributed by atoms with Gasteiger partial charge in [-0.3, -0.25) is 4.79 Å². The first-order valence-electron chi connectivity index (χ1n) is 9.11. The van der Waals surface area contributed by atoms with E-state index in [1.54, 1.807) is 12.1 Å². The van der Waals surface area contributed by atoms with E-state index < -0.39 is 21.7 Å². The Morgan fingerprint density at radius 1 is 1.17 bits per heavy atom. The Morgan fingerprint density at radius 3 is 2.41 bits per heavy atom. The van der Waals surface area contributed by atoms with Crippen LogP contribution in [0.3, 0.4) is 0 Å². The normalized spacial score (nSPS) is 20.1. The number of halogens is 1. The first-order valence-corrected chi connectivity index (χ1v) is 10.6. The summed E-state index contributed by atoms with van der Waals surface area (Å²) in [6.07, 6.45) is -0.0201. The fraction of sp³-hybridized carbons (Fsp3) is 0.421. The largest absolute Gasteiger partial charge is 0.438 e. The molecule has 2 aromatic rings. The molecular weight excluding hydrogens is 401 g/mol. The maximum atomic E-state index is 14.6. The second-order valence-electron chi connectivity index (χ2n) is 7.19. The Morgan fingerprint density at radius 2 is 1.83 bits per heavy atom. The van der Waals surface area contributed by atoms with E-state index in [0.29, 0.717) is 18.8 Å². The molecule has 1 amide bonds. The van der Waals surface area contributed by atoms with Gasteiger partial charge >= 0.3 is 0 Å². The zero-order valence-corrected chi connectivity index (χ0v) is 17.5. The summed E-state index contributed by atoms with van der Waals surface area (Å²) in [5.41, 5.74) is 0.668. The second kappa shape index (κ2) is 8.13. The van der Waals surface area contributed by atoms with Crippen molar-refractivity contribution in [3.63, 3.8) is 0 Å². The Labute approximate surface area is 169 Å². The molecule has 10 heteroatoms. The monoisotopic (exact) mass is 425 g/mol. The molecule has 29 heavy (non-hydrogen) atoms. The first kappa shape index (κ1) is 21.3. The molecule has 1 fully saturated rings. The van der Waals surface area contributed by atoms with Crippen molar-refractivity contribution in [1.29, 1.82) is 0 Å². The molecule has 0 unspecified atom stereocenters. The summed E-state index contributed by atoms with van der Waals surface area (Å²) >= 11 is 0. The number of benzene rings is 1. The summed E-state index contributed by atoms with van der Waals surface area (Å²) < 4.78 is 50.5. The maximum Gasteiger partial charge on any atom is 0.291 e. The van der Waals surface area contributed by atoms with Crippen LogP contribution in [0.25, 0.3) is 0 Å². The van der Waals surface area contributed by atoms with E-state index in [1.807, 2.05) is 18.7 Å². The van der Waals surface area contributed by atoms with Crippen molar-refractivity contribution in [2.75, 3.05) is 37.4 Å². The molecule has 3 rings (SSSR count). The molecule has 8 nitrogen and oxygen atoms in total. The summed E-state index contributed by atoms with van der Waals surface area (Å²) in [6.45, 7) is 5.01. The van der Waals surface area contributed by atoms with Crippen LogP contribution in [0.2, 0.25) is 0 Å². The zero-order chi connectivity index (χ0) is 21.3. The molecule has 2 atom stereocenters. The number of amides is 1. The Balaban J connectivity index is 1.73. The van der Waals surface area contributed by atoms with Gasteiger partial charge in [-0.1, -0.05) is 0 Å². The van der Waals surface area contributed by atoms with E-state index in [0.717, 1.165) is 4.31 Å². The quantitative estimate of drug-likeness (QED) is 0.792. The van der Waals surface area contributed by atoms with Gasteiger partial charge in [-0.2, -0.15) is 0 Å². The molecular formula is C19H24FN3O5S. The minimum atomic E-state index is -3.79. The third kappa shape index (κ3) is 4.60. The number of anilines is 2. The van der Waals surface area contributed by atoms with Crippen molar-refractivity contribution in [2.24, 2.45) is 0 Å². The lowest BCUT2D eigenvalue weighted by Crippen LogP contribution is -2.45. The van der Waals surface area contributed by atoms with E-state index in [2.05, 4.69) is 5.32 Å². The highest BCUT2D eigenvalue weighted by molar-refractivity contribution is 7.88. The summed E-state index contributed by atoms with van der Waals surface area (Å²) in [5.74, 6) is -1.34. The number of furan rings is 1. The summed E-state index contributed by atoms with van der Waals surface area (Å²) in [7, 11) is -1.07. The molecule has 1 aliphatic heterocycles. The van der Waals surface area contributed by atoms with Crippen LogP contribution in [0.15, 0.2) is 39.8 Å². The Bertz CT molecular complexity index is 995. The van der Waals surface area contributed by atoms with Crippen LogP contribution in [-0.4, -0.2) is 58.0 Å². The van der Waals surface area contributed by atoms with Gasteiger partial charge in [0.2, 0.25) is 5.09 Å². The molecule has 158 valence electrons. The minimum Gasteiger partial charge on any atom is -0.438 e. The van der Waals surface area contributed by atoms with Crippen LogP contribution >= 0.6 is 0 Å². The average Bonchev–Trinajstić information content (AvgIpc) is 3.11. The molecule has 1 aliphatic rings. The van der Waals surface area contributed by atoms with Gasteiger partial charge in [-0.25, -0.2) is 17.1 Å². The highest BCUT2D eigenvalue weighted by Crippen LogP contribution is 2.26. The number of ether oxygens (including phenoxy) is 1. The average molecular weight is 425 g/mol. The lowest BCUT2D eigenvalue weighted by Gasteiger charge is -2.37. The number of nitrogens with zero attached hydrogens (tertiary/aromatic N) is 2. The second-order valence-corrected chi connectivity index (χ2v) is 9.27. The van der Waals surface area contributed by atoms with Gasteiger partial charge in [0.15, 0.2) is 5.76 Å². The van der Waals surface area contributed by atoms with Gasteiger partial charge in [0.1, 0.15) is 5.82 Å². The summed E-state index contributed by atoms with van der Waals surface area (Å²) in [6, 6.07) is 6.86. The van der Waals surface area contributed by atoms with Crippen LogP contribution in [-0.2, 0) is 14.8 Å². The lowest BCUT2D eigenvalue weighted by molar-refractivity contribution is -0.00539. The highest BCUT2D eigenvalue weighted by atomic mass is 32.2. The van der Waals surface area contributed by atoms with Crippen LogP contribution < -0.4 is 10.2 Å². The number of carbonyl (C=O) groups excluding carboxylic acids is 1. The van der Waals surface area contributed by atoms with Crippen molar-refractivity contribution in [2.45, 2.75) is 31.1 Å². The van der Waals surface area contributed by atoms with Crippen LogP contribution in [0.4, 0.5) is 15.8 Å². The summed E-state index contributed by atoms with van der Waals surface area (Å²) in [5, 5.41) is 2.17. The Kier molecular flexibility index (Phi) is 5.97. The van der Waals surface area contributed by atoms with E-state index in [1.165, 1.54) is 32.3 Å². The maximum absolute atomic E-state index is 14.6. The molecule has 2 heterocycles. The van der Waals surface area contributed by atoms with Crippen molar-refractivity contribution in [1.82, 2.24) is 4.31 Å². The van der Waals surface area contributed by atoms with Gasteiger partial charge < -0.3 is 19.4 Å². The number of morpholine rings is 1. The predicted octanol–water partition coefficient (Wildman–Crippen LogP) is 2.53. The molecule has 1 aromatic carbocycles. The molecule has 0 saturated carbocycles. The fourth-order valence-corrected chi connectivity index (χ4v) is 3.96. The number of carbonyl (C=O) groups is 1. The molecule has 0 bridgehead atoms. The number of hydrogen-bond donors (Lipinski definition) is 1. The number of sulfonamides is 1. The van der Waals surface area contributed by atoms with Crippen molar-refractivity contribution < 1.29 is 26.8 Å². The van der Waals surface area contributed by atoms with E-state index in [9.17, 15) is 17.6 Å². The minimum absolute atomic E-state index is 0.0101. The van der Waals surface area contributed by atoms with E-state index in [4.69, 9.17) is 9.15 Å². The van der Waals surface area contributed by atoms with Gasteiger partial charge in [0.25, 0.3) is 15.9 Å². The van der Waals surface area contributed by atoms with Crippen LogP contribution in [0, 0.1) is 5.82 Å². The molecule has 0 radical (unpaired) electrons. The van der Waals surface area contributed by atoms with Crippen LogP contribution in [0.1, 0.15) is 24.4 Å². The van der Waals surface area contributed by atoms with Crippen molar-refractivity contribution in [3.8, 4) is 0 Å². The van der Waals surface area contributed by atoms with Gasteiger partial charge in [-0.05, 0) is 44.2 Å². The lowest BCUT2D eigenvalue weighted by atomic mass is 10.2.